The second kappa shape index (κ2) is 7.54. The zero-order chi connectivity index (χ0) is 20.5. The molecule has 2 N–H and O–H groups in total. The van der Waals surface area contributed by atoms with Crippen LogP contribution in [0.4, 0.5) is 32.3 Å². The average molecular weight is 410 g/mol. The van der Waals surface area contributed by atoms with Crippen molar-refractivity contribution in [3.8, 4) is 0 Å². The first-order valence-corrected chi connectivity index (χ1v) is 8.19. The van der Waals surface area contributed by atoms with E-state index >= 15 is 0 Å². The number of halogens is 6. The number of hydrogen-bond donors (Lipinski definition) is 1. The third kappa shape index (κ3) is 4.19. The number of fused-ring (bicyclic) bond motifs is 1. The Morgan fingerprint density at radius 2 is 1.71 bits per heavy atom. The van der Waals surface area contributed by atoms with Crippen molar-refractivity contribution in [1.82, 2.24) is 19.7 Å². The van der Waals surface area contributed by atoms with Gasteiger partial charge in [0.2, 0.25) is 5.95 Å². The highest BCUT2D eigenvalue weighted by atomic mass is 19.4. The highest BCUT2D eigenvalue weighted by Crippen LogP contribution is 2.37. The number of aromatic nitrogens is 4. The number of nitrogens with zero attached hydrogens (tertiary/aromatic N) is 5. The van der Waals surface area contributed by atoms with Gasteiger partial charge in [0.15, 0.2) is 0 Å². The fourth-order valence-corrected chi connectivity index (χ4v) is 2.85. The Hall–Kier alpha value is -2.41. The van der Waals surface area contributed by atoms with Crippen LogP contribution < -0.4 is 10.6 Å². The van der Waals surface area contributed by atoms with Crippen LogP contribution in [-0.2, 0) is 36.8 Å². The van der Waals surface area contributed by atoms with Gasteiger partial charge in [-0.15, -0.1) is 0 Å². The van der Waals surface area contributed by atoms with E-state index in [1.807, 2.05) is 0 Å². The summed E-state index contributed by atoms with van der Waals surface area (Å²) in [6.07, 6.45) is -8.06. The lowest BCUT2D eigenvalue weighted by atomic mass is 10.1. The summed E-state index contributed by atoms with van der Waals surface area (Å²) < 4.78 is 84.9. The van der Waals surface area contributed by atoms with Crippen molar-refractivity contribution in [3.63, 3.8) is 0 Å². The molecule has 1 aliphatic heterocycles. The van der Waals surface area contributed by atoms with Crippen molar-refractivity contribution in [1.29, 1.82) is 0 Å². The molecule has 1 aliphatic rings. The number of nitrogens with two attached hydrogens (primary N) is 1. The van der Waals surface area contributed by atoms with Gasteiger partial charge in [-0.05, 0) is 0 Å². The van der Waals surface area contributed by atoms with Crippen molar-refractivity contribution in [2.24, 2.45) is 5.73 Å². The van der Waals surface area contributed by atoms with Crippen molar-refractivity contribution >= 4 is 5.95 Å². The molecule has 3 rings (SSSR count). The average Bonchev–Trinajstić information content (AvgIpc) is 2.99. The van der Waals surface area contributed by atoms with Gasteiger partial charge in [-0.1, -0.05) is 0 Å². The van der Waals surface area contributed by atoms with E-state index in [0.717, 1.165) is 0 Å². The molecule has 0 aliphatic carbocycles. The van der Waals surface area contributed by atoms with Crippen LogP contribution in [0.5, 0.6) is 0 Å². The van der Waals surface area contributed by atoms with Crippen molar-refractivity contribution in [2.75, 3.05) is 24.6 Å². The zero-order valence-electron chi connectivity index (χ0n) is 14.4. The maximum absolute atomic E-state index is 13.6. The Kier molecular flexibility index (Phi) is 5.48. The molecule has 0 saturated heterocycles. The normalized spacial score (nSPS) is 15.0. The first-order valence-electron chi connectivity index (χ1n) is 8.19. The van der Waals surface area contributed by atoms with Gasteiger partial charge in [-0.2, -0.15) is 31.4 Å². The van der Waals surface area contributed by atoms with Crippen molar-refractivity contribution in [2.45, 2.75) is 32.0 Å². The van der Waals surface area contributed by atoms with E-state index in [9.17, 15) is 26.3 Å². The fraction of sp³-hybridized carbons (Fsp3) is 0.533. The number of hydrogen-bond acceptors (Lipinski definition) is 6. The van der Waals surface area contributed by atoms with Gasteiger partial charge in [0, 0.05) is 25.5 Å². The van der Waals surface area contributed by atoms with Gasteiger partial charge in [-0.25, -0.2) is 9.97 Å². The molecule has 0 spiro atoms. The Morgan fingerprint density at radius 3 is 2.29 bits per heavy atom. The standard InChI is InChI=1S/C15H16F6N6O/c16-14(17,18)9-5-23-13(24-6-9)26-2-3-27-11(7-26)12(15(19,20)21)10(25-27)8-28-4-1-22/h5-6H,1-4,7-8,22H2. The predicted octanol–water partition coefficient (Wildman–Crippen LogP) is 2.21. The molecule has 13 heteroatoms. The molecule has 0 fully saturated rings. The molecular weight excluding hydrogens is 394 g/mol. The van der Waals surface area contributed by atoms with E-state index in [-0.39, 0.29) is 56.7 Å². The molecule has 0 bridgehead atoms. The number of alkyl halides is 6. The van der Waals surface area contributed by atoms with Gasteiger partial charge in [-0.3, -0.25) is 4.68 Å². The topological polar surface area (TPSA) is 82.1 Å². The Morgan fingerprint density at radius 1 is 1.04 bits per heavy atom. The first-order chi connectivity index (χ1) is 13.1. The van der Waals surface area contributed by atoms with Crippen LogP contribution >= 0.6 is 0 Å². The summed E-state index contributed by atoms with van der Waals surface area (Å²) in [6.45, 7) is -0.0496. The molecular formula is C15H16F6N6O. The molecule has 28 heavy (non-hydrogen) atoms. The third-order valence-electron chi connectivity index (χ3n) is 4.09. The number of ether oxygens (including phenoxy) is 1. The zero-order valence-corrected chi connectivity index (χ0v) is 14.4. The first kappa shape index (κ1) is 20.3. The molecule has 7 nitrogen and oxygen atoms in total. The molecule has 3 heterocycles. The van der Waals surface area contributed by atoms with E-state index in [1.165, 1.54) is 9.58 Å². The summed E-state index contributed by atoms with van der Waals surface area (Å²) in [7, 11) is 0. The smallest absolute Gasteiger partial charge is 0.374 e. The minimum absolute atomic E-state index is 0.0883. The Bertz CT molecular complexity index is 816. The van der Waals surface area contributed by atoms with E-state index in [1.54, 1.807) is 0 Å². The maximum atomic E-state index is 13.6. The summed E-state index contributed by atoms with van der Waals surface area (Å²) in [6, 6.07) is 0. The van der Waals surface area contributed by atoms with Crippen LogP contribution in [-0.4, -0.2) is 39.4 Å². The maximum Gasteiger partial charge on any atom is 0.420 e. The second-order valence-electron chi connectivity index (χ2n) is 6.02. The summed E-state index contributed by atoms with van der Waals surface area (Å²) in [5.74, 6) is -0.0884. The van der Waals surface area contributed by atoms with E-state index in [0.29, 0.717) is 12.4 Å². The molecule has 0 saturated carbocycles. The van der Waals surface area contributed by atoms with Gasteiger partial charge < -0.3 is 15.4 Å². The monoisotopic (exact) mass is 410 g/mol. The van der Waals surface area contributed by atoms with Gasteiger partial charge in [0.05, 0.1) is 37.6 Å². The van der Waals surface area contributed by atoms with E-state index < -0.39 is 23.5 Å². The van der Waals surface area contributed by atoms with E-state index in [4.69, 9.17) is 10.5 Å². The lowest BCUT2D eigenvalue weighted by molar-refractivity contribution is -0.140. The quantitative estimate of drug-likeness (QED) is 0.601. The summed E-state index contributed by atoms with van der Waals surface area (Å²) in [4.78, 5) is 8.66. The third-order valence-corrected chi connectivity index (χ3v) is 4.09. The lowest BCUT2D eigenvalue weighted by Crippen LogP contribution is -2.36. The van der Waals surface area contributed by atoms with Crippen LogP contribution in [0.1, 0.15) is 22.5 Å². The Balaban J connectivity index is 1.87. The van der Waals surface area contributed by atoms with E-state index in [2.05, 4.69) is 15.1 Å². The highest BCUT2D eigenvalue weighted by molar-refractivity contribution is 5.38. The van der Waals surface area contributed by atoms with Crippen molar-refractivity contribution in [3.05, 3.63) is 34.9 Å². The van der Waals surface area contributed by atoms with Gasteiger partial charge in [0.1, 0.15) is 11.3 Å². The molecule has 0 radical (unpaired) electrons. The van der Waals surface area contributed by atoms with Crippen molar-refractivity contribution < 1.29 is 31.1 Å². The van der Waals surface area contributed by atoms with Crippen LogP contribution in [0.15, 0.2) is 12.4 Å². The molecule has 2 aromatic rings. The van der Waals surface area contributed by atoms with Crippen LogP contribution in [0.2, 0.25) is 0 Å². The SMILES string of the molecule is NCCOCc1nn2c(c1C(F)(F)F)CN(c1ncc(C(F)(F)F)cn1)CC2. The Labute approximate surface area is 155 Å². The summed E-state index contributed by atoms with van der Waals surface area (Å²) in [5.41, 5.74) is 2.95. The number of anilines is 1. The largest absolute Gasteiger partial charge is 0.420 e. The lowest BCUT2D eigenvalue weighted by Gasteiger charge is -2.28. The molecule has 154 valence electrons. The number of rotatable bonds is 5. The molecule has 0 amide bonds. The molecule has 0 aromatic carbocycles. The minimum Gasteiger partial charge on any atom is -0.374 e. The van der Waals surface area contributed by atoms with Gasteiger partial charge in [0.25, 0.3) is 0 Å². The highest BCUT2D eigenvalue weighted by Gasteiger charge is 2.41. The minimum atomic E-state index is -4.67. The molecule has 0 unspecified atom stereocenters. The summed E-state index contributed by atoms with van der Waals surface area (Å²) >= 11 is 0. The molecule has 2 aromatic heterocycles. The summed E-state index contributed by atoms with van der Waals surface area (Å²) in [5, 5.41) is 3.98. The predicted molar refractivity (Wildman–Crippen MR) is 84.0 cm³/mol. The van der Waals surface area contributed by atoms with Crippen LogP contribution in [0.25, 0.3) is 0 Å². The van der Waals surface area contributed by atoms with Gasteiger partial charge >= 0.3 is 12.4 Å². The fourth-order valence-electron chi connectivity index (χ4n) is 2.85. The molecule has 0 atom stereocenters. The van der Waals surface area contributed by atoms with Crippen LogP contribution in [0, 0.1) is 0 Å². The second-order valence-corrected chi connectivity index (χ2v) is 6.02. The van der Waals surface area contributed by atoms with Crippen LogP contribution in [0.3, 0.4) is 0 Å².